The van der Waals surface area contributed by atoms with Gasteiger partial charge >= 0.3 is 6.18 Å². The van der Waals surface area contributed by atoms with Crippen molar-refractivity contribution in [2.75, 3.05) is 0 Å². The fourth-order valence-corrected chi connectivity index (χ4v) is 3.05. The van der Waals surface area contributed by atoms with Gasteiger partial charge in [0.25, 0.3) is 0 Å². The van der Waals surface area contributed by atoms with Gasteiger partial charge in [-0.05, 0) is 50.7 Å². The number of alkyl halides is 3. The smallest absolute Gasteiger partial charge is 0.271 e. The Morgan fingerprint density at radius 1 is 1.33 bits per heavy atom. The van der Waals surface area contributed by atoms with E-state index < -0.39 is 11.7 Å². The molecule has 2 rings (SSSR count). The molecule has 80 valence electrons. The molecule has 0 spiro atoms. The molecule has 1 aromatic heterocycles. The van der Waals surface area contributed by atoms with Crippen LogP contribution in [0.15, 0.2) is 16.6 Å². The molecule has 0 fully saturated rings. The molecule has 0 saturated carbocycles. The lowest BCUT2D eigenvalue weighted by atomic mass is 10.1. The summed E-state index contributed by atoms with van der Waals surface area (Å²) in [6.07, 6.45) is -4.35. The van der Waals surface area contributed by atoms with Gasteiger partial charge in [0.2, 0.25) is 0 Å². The topological polar surface area (TPSA) is 28.7 Å². The summed E-state index contributed by atoms with van der Waals surface area (Å²) in [6, 6.07) is 2.37. The molecule has 0 atom stereocenters. The van der Waals surface area contributed by atoms with Crippen LogP contribution in [-0.2, 0) is 6.18 Å². The first-order chi connectivity index (χ1) is 6.91. The van der Waals surface area contributed by atoms with Crippen molar-refractivity contribution in [2.45, 2.75) is 6.18 Å². The highest BCUT2D eigenvalue weighted by molar-refractivity contribution is 14.1. The van der Waals surface area contributed by atoms with E-state index in [-0.39, 0.29) is 4.47 Å². The van der Waals surface area contributed by atoms with E-state index in [1.807, 2.05) is 22.6 Å². The fourth-order valence-electron chi connectivity index (χ4n) is 1.25. The predicted molar refractivity (Wildman–Crippen MR) is 61.5 cm³/mol. The minimum absolute atomic E-state index is 0.0330. The van der Waals surface area contributed by atoms with Crippen molar-refractivity contribution in [3.8, 4) is 0 Å². The second-order valence-electron chi connectivity index (χ2n) is 2.86. The monoisotopic (exact) mass is 390 g/mol. The summed E-state index contributed by atoms with van der Waals surface area (Å²) in [5.74, 6) is 0. The molecule has 0 amide bonds. The van der Waals surface area contributed by atoms with Crippen LogP contribution >= 0.6 is 38.5 Å². The number of nitrogens with one attached hydrogen (secondary N) is 1. The van der Waals surface area contributed by atoms with Gasteiger partial charge in [0.1, 0.15) is 3.70 Å². The Hall–Kier alpha value is -0.310. The summed E-state index contributed by atoms with van der Waals surface area (Å²) in [6.45, 7) is 0. The summed E-state index contributed by atoms with van der Waals surface area (Å²) < 4.78 is 38.3. The number of aromatic nitrogens is 2. The van der Waals surface area contributed by atoms with Crippen LogP contribution in [0, 0.1) is 3.70 Å². The molecule has 1 N–H and O–H groups in total. The summed E-state index contributed by atoms with van der Waals surface area (Å²) in [4.78, 5) is 0. The zero-order valence-corrected chi connectivity index (χ0v) is 10.7. The molecule has 2 aromatic rings. The SMILES string of the molecule is FC(F)(F)c1ccc2n[nH]c(I)c2c1Br. The molecular formula is C8H3BrF3IN2. The number of H-pyrrole nitrogens is 1. The maximum absolute atomic E-state index is 12.6. The van der Waals surface area contributed by atoms with Crippen molar-refractivity contribution < 1.29 is 13.2 Å². The van der Waals surface area contributed by atoms with Crippen LogP contribution in [0.2, 0.25) is 0 Å². The van der Waals surface area contributed by atoms with Gasteiger partial charge in [0.05, 0.1) is 11.1 Å². The lowest BCUT2D eigenvalue weighted by Gasteiger charge is -2.09. The fraction of sp³-hybridized carbons (Fsp3) is 0.125. The minimum atomic E-state index is -4.35. The summed E-state index contributed by atoms with van der Waals surface area (Å²) in [5, 5.41) is 6.97. The first-order valence-electron chi connectivity index (χ1n) is 3.80. The average molecular weight is 391 g/mol. The number of hydrogen-bond acceptors (Lipinski definition) is 1. The van der Waals surface area contributed by atoms with Gasteiger partial charge in [-0.25, -0.2) is 0 Å². The van der Waals surface area contributed by atoms with Crippen LogP contribution in [0.5, 0.6) is 0 Å². The summed E-state index contributed by atoms with van der Waals surface area (Å²) in [7, 11) is 0. The maximum atomic E-state index is 12.6. The largest absolute Gasteiger partial charge is 0.417 e. The molecule has 0 aliphatic carbocycles. The van der Waals surface area contributed by atoms with Crippen molar-refractivity contribution >= 4 is 49.4 Å². The van der Waals surface area contributed by atoms with E-state index >= 15 is 0 Å². The van der Waals surface area contributed by atoms with E-state index in [0.717, 1.165) is 6.07 Å². The predicted octanol–water partition coefficient (Wildman–Crippen LogP) is 3.95. The molecule has 0 radical (unpaired) electrons. The highest BCUT2D eigenvalue weighted by Crippen LogP contribution is 2.39. The van der Waals surface area contributed by atoms with E-state index in [9.17, 15) is 13.2 Å². The van der Waals surface area contributed by atoms with Crippen molar-refractivity contribution in [1.82, 2.24) is 10.2 Å². The molecular weight excluding hydrogens is 388 g/mol. The summed E-state index contributed by atoms with van der Waals surface area (Å²) in [5.41, 5.74) is -0.173. The van der Waals surface area contributed by atoms with Crippen molar-refractivity contribution in [3.63, 3.8) is 0 Å². The van der Waals surface area contributed by atoms with Gasteiger partial charge in [-0.2, -0.15) is 18.3 Å². The number of aromatic amines is 1. The summed E-state index contributed by atoms with van der Waals surface area (Å²) >= 11 is 4.87. The van der Waals surface area contributed by atoms with Crippen molar-refractivity contribution in [2.24, 2.45) is 0 Å². The molecule has 7 heteroatoms. The average Bonchev–Trinajstić information content (AvgIpc) is 2.46. The van der Waals surface area contributed by atoms with Crippen LogP contribution in [0.3, 0.4) is 0 Å². The third-order valence-electron chi connectivity index (χ3n) is 1.92. The minimum Gasteiger partial charge on any atom is -0.271 e. The number of fused-ring (bicyclic) bond motifs is 1. The Morgan fingerprint density at radius 3 is 2.60 bits per heavy atom. The van der Waals surface area contributed by atoms with Gasteiger partial charge in [-0.15, -0.1) is 0 Å². The second kappa shape index (κ2) is 3.62. The van der Waals surface area contributed by atoms with Crippen LogP contribution in [0.25, 0.3) is 10.9 Å². The molecule has 0 aliphatic heterocycles. The van der Waals surface area contributed by atoms with Crippen molar-refractivity contribution in [1.29, 1.82) is 0 Å². The van der Waals surface area contributed by atoms with Crippen LogP contribution < -0.4 is 0 Å². The van der Waals surface area contributed by atoms with Gasteiger partial charge in [-0.3, -0.25) is 5.10 Å². The Balaban J connectivity index is 2.80. The van der Waals surface area contributed by atoms with Gasteiger partial charge in [0, 0.05) is 9.86 Å². The van der Waals surface area contributed by atoms with Gasteiger partial charge < -0.3 is 0 Å². The first kappa shape index (κ1) is 11.2. The molecule has 1 heterocycles. The molecule has 15 heavy (non-hydrogen) atoms. The van der Waals surface area contributed by atoms with Gasteiger partial charge in [-0.1, -0.05) is 0 Å². The van der Waals surface area contributed by atoms with E-state index in [1.165, 1.54) is 6.07 Å². The highest BCUT2D eigenvalue weighted by atomic mass is 127. The van der Waals surface area contributed by atoms with Crippen LogP contribution in [0.1, 0.15) is 5.56 Å². The lowest BCUT2D eigenvalue weighted by Crippen LogP contribution is -2.05. The number of rotatable bonds is 0. The normalized spacial score (nSPS) is 12.3. The van der Waals surface area contributed by atoms with Crippen LogP contribution in [-0.4, -0.2) is 10.2 Å². The molecule has 0 unspecified atom stereocenters. The van der Waals surface area contributed by atoms with E-state index in [2.05, 4.69) is 26.1 Å². The highest BCUT2D eigenvalue weighted by Gasteiger charge is 2.34. The van der Waals surface area contributed by atoms with E-state index in [0.29, 0.717) is 14.6 Å². The molecule has 1 aromatic carbocycles. The zero-order valence-electron chi connectivity index (χ0n) is 6.99. The molecule has 0 saturated heterocycles. The third-order valence-corrected chi connectivity index (χ3v) is 3.52. The quantitative estimate of drug-likeness (QED) is 0.678. The molecule has 2 nitrogen and oxygen atoms in total. The molecule has 0 aliphatic rings. The van der Waals surface area contributed by atoms with Crippen LogP contribution in [0.4, 0.5) is 13.2 Å². The number of benzene rings is 1. The third kappa shape index (κ3) is 1.86. The van der Waals surface area contributed by atoms with E-state index in [1.54, 1.807) is 0 Å². The number of nitrogens with zero attached hydrogens (tertiary/aromatic N) is 1. The lowest BCUT2D eigenvalue weighted by molar-refractivity contribution is -0.138. The first-order valence-corrected chi connectivity index (χ1v) is 5.67. The molecule has 0 bridgehead atoms. The Morgan fingerprint density at radius 2 is 2.00 bits per heavy atom. The standard InChI is InChI=1S/C8H3BrF3IN2/c9-6-3(8(10,11)12)1-2-4-5(6)7(13)15-14-4/h1-2H,(H,14,15). The number of hydrogen-bond donors (Lipinski definition) is 1. The Kier molecular flexibility index (Phi) is 2.70. The maximum Gasteiger partial charge on any atom is 0.417 e. The van der Waals surface area contributed by atoms with Crippen molar-refractivity contribution in [3.05, 3.63) is 25.9 Å². The Bertz CT molecular complexity index is 520. The number of halogens is 5. The second-order valence-corrected chi connectivity index (χ2v) is 4.73. The zero-order chi connectivity index (χ0) is 11.2. The van der Waals surface area contributed by atoms with E-state index in [4.69, 9.17) is 0 Å². The Labute approximate surface area is 105 Å². The van der Waals surface area contributed by atoms with Gasteiger partial charge in [0.15, 0.2) is 0 Å².